The molecular formula is C22H28N10O. The zero-order valence-corrected chi connectivity index (χ0v) is 18.7. The van der Waals surface area contributed by atoms with Crippen LogP contribution in [0.1, 0.15) is 0 Å². The molecule has 2 saturated heterocycles. The first-order chi connectivity index (χ1) is 16.1. The number of nitrogens with zero attached hydrogens (tertiary/aromatic N) is 8. The molecule has 5 heterocycles. The number of piperazine rings is 1. The highest BCUT2D eigenvalue weighted by atomic mass is 16.5. The van der Waals surface area contributed by atoms with E-state index in [4.69, 9.17) is 20.4 Å². The Bertz CT molecular complexity index is 1060. The number of hydrogen-bond acceptors (Lipinski definition) is 11. The van der Waals surface area contributed by atoms with Crippen LogP contribution in [0.5, 0.6) is 0 Å². The Balaban J connectivity index is 1.39. The molecular weight excluding hydrogens is 420 g/mol. The van der Waals surface area contributed by atoms with E-state index in [0.717, 1.165) is 67.8 Å². The number of hydrogen-bond donors (Lipinski definition) is 2. The van der Waals surface area contributed by atoms with E-state index in [2.05, 4.69) is 42.0 Å². The van der Waals surface area contributed by atoms with Gasteiger partial charge in [0.2, 0.25) is 11.9 Å². The maximum atomic E-state index is 5.65. The van der Waals surface area contributed by atoms with E-state index < -0.39 is 0 Å². The lowest BCUT2D eigenvalue weighted by Crippen LogP contribution is -2.44. The van der Waals surface area contributed by atoms with E-state index in [0.29, 0.717) is 19.2 Å². The van der Waals surface area contributed by atoms with Crippen molar-refractivity contribution >= 4 is 29.2 Å². The van der Waals surface area contributed by atoms with E-state index in [-0.39, 0.29) is 5.95 Å². The predicted molar refractivity (Wildman–Crippen MR) is 128 cm³/mol. The summed E-state index contributed by atoms with van der Waals surface area (Å²) in [6, 6.07) is 5.99. The Morgan fingerprint density at radius 1 is 0.848 bits per heavy atom. The summed E-state index contributed by atoms with van der Waals surface area (Å²) in [7, 11) is 2.15. The van der Waals surface area contributed by atoms with Gasteiger partial charge in [0, 0.05) is 63.3 Å². The molecule has 11 nitrogen and oxygen atoms in total. The number of likely N-dealkylation sites (N-methyl/N-ethyl adjacent to an activating group) is 1. The van der Waals surface area contributed by atoms with Gasteiger partial charge in [-0.25, -0.2) is 19.9 Å². The van der Waals surface area contributed by atoms with Crippen LogP contribution in [0.4, 0.5) is 29.2 Å². The van der Waals surface area contributed by atoms with Gasteiger partial charge in [0.05, 0.1) is 30.8 Å². The Morgan fingerprint density at radius 2 is 1.58 bits per heavy atom. The average molecular weight is 449 g/mol. The molecule has 0 unspecified atom stereocenters. The number of nitrogens with two attached hydrogens (primary N) is 1. The highest BCUT2D eigenvalue weighted by Crippen LogP contribution is 2.25. The van der Waals surface area contributed by atoms with Gasteiger partial charge in [0.25, 0.3) is 0 Å². The smallest absolute Gasteiger partial charge is 0.229 e. The highest BCUT2D eigenvalue weighted by Gasteiger charge is 2.17. The van der Waals surface area contributed by atoms with Crippen LogP contribution in [0.2, 0.25) is 0 Å². The first kappa shape index (κ1) is 21.3. The fraction of sp³-hybridized carbons (Fsp3) is 0.409. The van der Waals surface area contributed by atoms with Gasteiger partial charge in [-0.3, -0.25) is 0 Å². The van der Waals surface area contributed by atoms with E-state index >= 15 is 0 Å². The first-order valence-corrected chi connectivity index (χ1v) is 11.1. The molecule has 5 rings (SSSR count). The van der Waals surface area contributed by atoms with Crippen molar-refractivity contribution in [3.8, 4) is 11.3 Å². The summed E-state index contributed by atoms with van der Waals surface area (Å²) in [5, 5.41) is 3.31. The molecule has 172 valence electrons. The monoisotopic (exact) mass is 448 g/mol. The number of rotatable bonds is 5. The molecule has 0 atom stereocenters. The second kappa shape index (κ2) is 9.51. The minimum Gasteiger partial charge on any atom is -0.378 e. The fourth-order valence-electron chi connectivity index (χ4n) is 3.87. The van der Waals surface area contributed by atoms with Crippen molar-refractivity contribution in [2.45, 2.75) is 0 Å². The number of ether oxygens (including phenoxy) is 1. The van der Waals surface area contributed by atoms with Gasteiger partial charge in [0.15, 0.2) is 0 Å². The molecule has 3 aromatic heterocycles. The molecule has 3 aromatic rings. The zero-order valence-electron chi connectivity index (χ0n) is 18.7. The lowest BCUT2D eigenvalue weighted by molar-refractivity contribution is 0.122. The number of anilines is 5. The molecule has 0 aliphatic carbocycles. The third-order valence-corrected chi connectivity index (χ3v) is 5.85. The Kier molecular flexibility index (Phi) is 6.13. The highest BCUT2D eigenvalue weighted by molar-refractivity contribution is 5.66. The van der Waals surface area contributed by atoms with Crippen LogP contribution in [0.25, 0.3) is 11.3 Å². The van der Waals surface area contributed by atoms with Gasteiger partial charge in [-0.2, -0.15) is 4.98 Å². The standard InChI is InChI=1S/C22H28N10O/c1-30-4-6-31(7-5-30)19-3-2-17(15-24-19)27-22-28-18(16-13-25-21(23)26-14-16)12-20(29-22)32-8-10-33-11-9-32/h2-3,12-15H,4-11H2,1H3,(H2,23,25,26)(H,27,28,29). The lowest BCUT2D eigenvalue weighted by Gasteiger charge is -2.33. The second-order valence-corrected chi connectivity index (χ2v) is 8.18. The third-order valence-electron chi connectivity index (χ3n) is 5.85. The van der Waals surface area contributed by atoms with E-state index in [1.54, 1.807) is 12.4 Å². The minimum absolute atomic E-state index is 0.228. The normalized spacial score (nSPS) is 17.2. The second-order valence-electron chi connectivity index (χ2n) is 8.18. The molecule has 0 amide bonds. The van der Waals surface area contributed by atoms with Crippen molar-refractivity contribution in [3.63, 3.8) is 0 Å². The maximum Gasteiger partial charge on any atom is 0.229 e. The summed E-state index contributed by atoms with van der Waals surface area (Å²) in [5.74, 6) is 2.52. The van der Waals surface area contributed by atoms with Crippen molar-refractivity contribution in [2.24, 2.45) is 0 Å². The number of aromatic nitrogens is 5. The van der Waals surface area contributed by atoms with Gasteiger partial charge in [0.1, 0.15) is 11.6 Å². The van der Waals surface area contributed by atoms with Gasteiger partial charge in [-0.05, 0) is 19.2 Å². The SMILES string of the molecule is CN1CCN(c2ccc(Nc3nc(-c4cnc(N)nc4)cc(N4CCOCC4)n3)cn2)CC1. The summed E-state index contributed by atoms with van der Waals surface area (Å²) >= 11 is 0. The number of morpholine rings is 1. The Labute approximate surface area is 192 Å². The molecule has 0 bridgehead atoms. The van der Waals surface area contributed by atoms with Gasteiger partial charge in [-0.15, -0.1) is 0 Å². The number of pyridine rings is 1. The molecule has 2 aliphatic heterocycles. The molecule has 33 heavy (non-hydrogen) atoms. The largest absolute Gasteiger partial charge is 0.378 e. The van der Waals surface area contributed by atoms with Crippen LogP contribution >= 0.6 is 0 Å². The summed E-state index contributed by atoms with van der Waals surface area (Å²) in [4.78, 5) is 29.1. The summed E-state index contributed by atoms with van der Waals surface area (Å²) in [5.41, 5.74) is 7.97. The van der Waals surface area contributed by atoms with Gasteiger partial charge in [-0.1, -0.05) is 0 Å². The maximum absolute atomic E-state index is 5.65. The Morgan fingerprint density at radius 3 is 2.27 bits per heavy atom. The lowest BCUT2D eigenvalue weighted by atomic mass is 10.2. The van der Waals surface area contributed by atoms with Crippen LogP contribution in [-0.4, -0.2) is 89.3 Å². The van der Waals surface area contributed by atoms with E-state index in [1.165, 1.54) is 0 Å². The number of nitrogens with one attached hydrogen (secondary N) is 1. The van der Waals surface area contributed by atoms with Gasteiger partial charge >= 0.3 is 0 Å². The molecule has 2 aliphatic rings. The minimum atomic E-state index is 0.228. The van der Waals surface area contributed by atoms with Crippen LogP contribution in [0.3, 0.4) is 0 Å². The molecule has 11 heteroatoms. The van der Waals surface area contributed by atoms with Crippen LogP contribution in [0.15, 0.2) is 36.8 Å². The molecule has 0 spiro atoms. The molecule has 0 saturated carbocycles. The summed E-state index contributed by atoms with van der Waals surface area (Å²) < 4.78 is 5.49. The molecule has 0 aromatic carbocycles. The quantitative estimate of drug-likeness (QED) is 0.586. The van der Waals surface area contributed by atoms with E-state index in [9.17, 15) is 0 Å². The van der Waals surface area contributed by atoms with Gasteiger partial charge < -0.3 is 30.5 Å². The summed E-state index contributed by atoms with van der Waals surface area (Å²) in [6.07, 6.45) is 5.16. The third kappa shape index (κ3) is 5.10. The van der Waals surface area contributed by atoms with Crippen LogP contribution in [-0.2, 0) is 4.74 Å². The molecule has 0 radical (unpaired) electrons. The number of nitrogen functional groups attached to an aromatic ring is 1. The van der Waals surface area contributed by atoms with E-state index in [1.807, 2.05) is 24.4 Å². The van der Waals surface area contributed by atoms with Crippen LogP contribution in [0, 0.1) is 0 Å². The first-order valence-electron chi connectivity index (χ1n) is 11.1. The zero-order chi connectivity index (χ0) is 22.6. The van der Waals surface area contributed by atoms with Crippen molar-refractivity contribution in [1.82, 2.24) is 29.8 Å². The predicted octanol–water partition coefficient (Wildman–Crippen LogP) is 1.24. The van der Waals surface area contributed by atoms with Crippen molar-refractivity contribution in [1.29, 1.82) is 0 Å². The summed E-state index contributed by atoms with van der Waals surface area (Å²) in [6.45, 7) is 6.94. The molecule has 3 N–H and O–H groups in total. The molecule has 2 fully saturated rings. The van der Waals surface area contributed by atoms with Crippen molar-refractivity contribution in [3.05, 3.63) is 36.8 Å². The Hall–Kier alpha value is -3.57. The van der Waals surface area contributed by atoms with Crippen molar-refractivity contribution in [2.75, 3.05) is 80.4 Å². The topological polar surface area (TPSA) is 121 Å². The fourth-order valence-corrected chi connectivity index (χ4v) is 3.87. The van der Waals surface area contributed by atoms with Crippen LogP contribution < -0.4 is 20.9 Å². The average Bonchev–Trinajstić information content (AvgIpc) is 2.86. The van der Waals surface area contributed by atoms with Crippen molar-refractivity contribution < 1.29 is 4.74 Å².